The van der Waals surface area contributed by atoms with E-state index in [1.165, 1.54) is 11.1 Å². The van der Waals surface area contributed by atoms with Crippen LogP contribution in [0.4, 0.5) is 0 Å². The van der Waals surface area contributed by atoms with Gasteiger partial charge in [0.2, 0.25) is 0 Å². The molecular weight excluding hydrogens is 196 g/mol. The molecule has 0 aromatic carbocycles. The molecule has 0 fully saturated rings. The summed E-state index contributed by atoms with van der Waals surface area (Å²) in [5.41, 5.74) is 2.79. The molecule has 0 amide bonds. The minimum atomic E-state index is 0.696. The van der Waals surface area contributed by atoms with Crippen molar-refractivity contribution in [2.45, 2.75) is 13.3 Å². The van der Waals surface area contributed by atoms with Crippen LogP contribution in [0.3, 0.4) is 0 Å². The first-order chi connectivity index (χ1) is 7.66. The Labute approximate surface area is 97.5 Å². The third-order valence-corrected chi connectivity index (χ3v) is 2.90. The van der Waals surface area contributed by atoms with E-state index in [4.69, 9.17) is 0 Å². The number of hydrogen-bond acceptors (Lipinski definition) is 1. The summed E-state index contributed by atoms with van der Waals surface area (Å²) >= 11 is 0. The summed E-state index contributed by atoms with van der Waals surface area (Å²) < 4.78 is 2.19. The average molecular weight is 216 g/mol. The third-order valence-electron chi connectivity index (χ3n) is 2.90. The molecule has 1 atom stereocenters. The smallest absolute Gasteiger partial charge is 0.0481 e. The second kappa shape index (κ2) is 4.71. The van der Waals surface area contributed by atoms with E-state index >= 15 is 0 Å². The van der Waals surface area contributed by atoms with Crippen molar-refractivity contribution in [2.75, 3.05) is 20.6 Å². The molecule has 0 aliphatic heterocycles. The van der Waals surface area contributed by atoms with E-state index in [1.807, 2.05) is 0 Å². The lowest BCUT2D eigenvalue weighted by Crippen LogP contribution is -2.21. The molecule has 0 spiro atoms. The first-order valence-corrected chi connectivity index (χ1v) is 5.86. The molecule has 0 aliphatic rings. The summed E-state index contributed by atoms with van der Waals surface area (Å²) in [6, 6.07) is 8.61. The molecule has 0 saturated carbocycles. The zero-order chi connectivity index (χ0) is 11.5. The predicted molar refractivity (Wildman–Crippen MR) is 68.8 cm³/mol. The average Bonchev–Trinajstić information content (AvgIpc) is 2.61. The van der Waals surface area contributed by atoms with Crippen molar-refractivity contribution in [3.05, 3.63) is 42.2 Å². The Morgan fingerprint density at radius 3 is 2.75 bits per heavy atom. The Morgan fingerprint density at radius 2 is 2.00 bits per heavy atom. The van der Waals surface area contributed by atoms with E-state index < -0.39 is 0 Å². The van der Waals surface area contributed by atoms with Crippen LogP contribution in [0, 0.1) is 5.92 Å². The van der Waals surface area contributed by atoms with E-state index in [9.17, 15) is 0 Å². The van der Waals surface area contributed by atoms with Gasteiger partial charge < -0.3 is 9.30 Å². The van der Waals surface area contributed by atoms with Gasteiger partial charge >= 0.3 is 0 Å². The SMILES string of the molecule is CC(Cc1ccn2ccccc12)CN(C)C. The molecule has 0 aliphatic carbocycles. The lowest BCUT2D eigenvalue weighted by molar-refractivity contribution is 0.338. The molecule has 2 aromatic heterocycles. The largest absolute Gasteiger partial charge is 0.324 e. The number of fused-ring (bicyclic) bond motifs is 1. The monoisotopic (exact) mass is 216 g/mol. The molecule has 2 heteroatoms. The summed E-state index contributed by atoms with van der Waals surface area (Å²) in [6.07, 6.45) is 5.40. The fourth-order valence-corrected chi connectivity index (χ4v) is 2.35. The van der Waals surface area contributed by atoms with Crippen LogP contribution in [0.1, 0.15) is 12.5 Å². The zero-order valence-electron chi connectivity index (χ0n) is 10.4. The van der Waals surface area contributed by atoms with Gasteiger partial charge in [-0.15, -0.1) is 0 Å². The van der Waals surface area contributed by atoms with E-state index in [0.717, 1.165) is 13.0 Å². The Kier molecular flexibility index (Phi) is 3.30. The third kappa shape index (κ3) is 2.45. The number of hydrogen-bond donors (Lipinski definition) is 0. The maximum atomic E-state index is 2.31. The van der Waals surface area contributed by atoms with Gasteiger partial charge in [-0.25, -0.2) is 0 Å². The zero-order valence-corrected chi connectivity index (χ0v) is 10.4. The second-order valence-corrected chi connectivity index (χ2v) is 4.91. The summed E-state index contributed by atoms with van der Waals surface area (Å²) in [4.78, 5) is 2.25. The first-order valence-electron chi connectivity index (χ1n) is 5.86. The molecule has 0 N–H and O–H groups in total. The predicted octanol–water partition coefficient (Wildman–Crippen LogP) is 2.68. The first kappa shape index (κ1) is 11.2. The van der Waals surface area contributed by atoms with Crippen LogP contribution in [-0.2, 0) is 6.42 Å². The maximum absolute atomic E-state index is 2.31. The van der Waals surface area contributed by atoms with Gasteiger partial charge in [-0.05, 0) is 50.2 Å². The van der Waals surface area contributed by atoms with Gasteiger partial charge in [-0.3, -0.25) is 0 Å². The van der Waals surface area contributed by atoms with Gasteiger partial charge in [0.1, 0.15) is 0 Å². The molecule has 2 nitrogen and oxygen atoms in total. The van der Waals surface area contributed by atoms with E-state index in [-0.39, 0.29) is 0 Å². The Morgan fingerprint density at radius 1 is 1.19 bits per heavy atom. The summed E-state index contributed by atoms with van der Waals surface area (Å²) in [5, 5.41) is 0. The van der Waals surface area contributed by atoms with E-state index in [0.29, 0.717) is 5.92 Å². The van der Waals surface area contributed by atoms with E-state index in [1.54, 1.807) is 0 Å². The van der Waals surface area contributed by atoms with Crippen LogP contribution in [0.2, 0.25) is 0 Å². The Bertz CT molecular complexity index is 456. The van der Waals surface area contributed by atoms with Crippen molar-refractivity contribution >= 4 is 5.52 Å². The van der Waals surface area contributed by atoms with Gasteiger partial charge in [-0.1, -0.05) is 13.0 Å². The molecule has 2 rings (SSSR count). The quantitative estimate of drug-likeness (QED) is 0.762. The topological polar surface area (TPSA) is 7.65 Å². The fourth-order valence-electron chi connectivity index (χ4n) is 2.35. The molecule has 86 valence electrons. The van der Waals surface area contributed by atoms with Crippen molar-refractivity contribution in [2.24, 2.45) is 5.92 Å². The summed E-state index contributed by atoms with van der Waals surface area (Å²) in [5.74, 6) is 0.696. The molecule has 2 aromatic rings. The second-order valence-electron chi connectivity index (χ2n) is 4.91. The Hall–Kier alpha value is -1.28. The van der Waals surface area contributed by atoms with E-state index in [2.05, 4.69) is 67.0 Å². The highest BCUT2D eigenvalue weighted by Gasteiger charge is 2.08. The Balaban J connectivity index is 2.15. The number of pyridine rings is 1. The van der Waals surface area contributed by atoms with Crippen LogP contribution >= 0.6 is 0 Å². The lowest BCUT2D eigenvalue weighted by Gasteiger charge is -2.16. The minimum Gasteiger partial charge on any atom is -0.324 e. The van der Waals surface area contributed by atoms with Crippen LogP contribution < -0.4 is 0 Å². The van der Waals surface area contributed by atoms with Gasteiger partial charge in [0.15, 0.2) is 0 Å². The highest BCUT2D eigenvalue weighted by Crippen LogP contribution is 2.16. The highest BCUT2D eigenvalue weighted by molar-refractivity contribution is 5.55. The summed E-state index contributed by atoms with van der Waals surface area (Å²) in [7, 11) is 4.27. The molecular formula is C14H20N2. The highest BCUT2D eigenvalue weighted by atomic mass is 15.1. The molecule has 16 heavy (non-hydrogen) atoms. The van der Waals surface area contributed by atoms with Crippen molar-refractivity contribution in [3.63, 3.8) is 0 Å². The van der Waals surface area contributed by atoms with Crippen LogP contribution in [0.15, 0.2) is 36.7 Å². The van der Waals surface area contributed by atoms with Crippen LogP contribution in [-0.4, -0.2) is 29.9 Å². The lowest BCUT2D eigenvalue weighted by atomic mass is 10.0. The fraction of sp³-hybridized carbons (Fsp3) is 0.429. The number of rotatable bonds is 4. The van der Waals surface area contributed by atoms with Gasteiger partial charge in [0.05, 0.1) is 0 Å². The standard InChI is InChI=1S/C14H20N2/c1-12(11-15(2)3)10-13-7-9-16-8-5-4-6-14(13)16/h4-9,12H,10-11H2,1-3H3. The van der Waals surface area contributed by atoms with Crippen molar-refractivity contribution in [1.82, 2.24) is 9.30 Å². The molecule has 0 saturated heterocycles. The summed E-state index contributed by atoms with van der Waals surface area (Å²) in [6.45, 7) is 3.45. The van der Waals surface area contributed by atoms with Crippen LogP contribution in [0.25, 0.3) is 5.52 Å². The van der Waals surface area contributed by atoms with Crippen molar-refractivity contribution in [3.8, 4) is 0 Å². The maximum Gasteiger partial charge on any atom is 0.0481 e. The molecule has 0 radical (unpaired) electrons. The molecule has 0 bridgehead atoms. The van der Waals surface area contributed by atoms with Crippen molar-refractivity contribution < 1.29 is 0 Å². The number of aromatic nitrogens is 1. The normalized spacial score (nSPS) is 13.5. The van der Waals surface area contributed by atoms with Gasteiger partial charge in [0, 0.05) is 24.5 Å². The number of nitrogens with zero attached hydrogens (tertiary/aromatic N) is 2. The molecule has 2 heterocycles. The molecule has 1 unspecified atom stereocenters. The van der Waals surface area contributed by atoms with Gasteiger partial charge in [0.25, 0.3) is 0 Å². The van der Waals surface area contributed by atoms with Crippen molar-refractivity contribution in [1.29, 1.82) is 0 Å². The minimum absolute atomic E-state index is 0.696. The van der Waals surface area contributed by atoms with Crippen LogP contribution in [0.5, 0.6) is 0 Å². The van der Waals surface area contributed by atoms with Gasteiger partial charge in [-0.2, -0.15) is 0 Å².